The highest BCUT2D eigenvalue weighted by molar-refractivity contribution is 5.91. The van der Waals surface area contributed by atoms with Gasteiger partial charge in [0.15, 0.2) is 0 Å². The maximum atomic E-state index is 12.1. The minimum Gasteiger partial charge on any atom is -0.472 e. The van der Waals surface area contributed by atoms with Gasteiger partial charge in [0.2, 0.25) is 5.88 Å². The number of aromatic nitrogens is 2. The number of hydrogen-bond donors (Lipinski definition) is 1. The third-order valence-corrected chi connectivity index (χ3v) is 2.85. The molecule has 1 aromatic carbocycles. The number of carbonyl (C=O) groups excluding carboxylic acids is 1. The third kappa shape index (κ3) is 3.58. The van der Waals surface area contributed by atoms with Crippen LogP contribution in [0.25, 0.3) is 0 Å². The van der Waals surface area contributed by atoms with Crippen LogP contribution in [0.3, 0.4) is 0 Å². The lowest BCUT2D eigenvalue weighted by Crippen LogP contribution is -2.11. The summed E-state index contributed by atoms with van der Waals surface area (Å²) >= 11 is 0. The Morgan fingerprint density at radius 2 is 2.23 bits per heavy atom. The first-order chi connectivity index (χ1) is 10.7. The summed E-state index contributed by atoms with van der Waals surface area (Å²) in [5.41, 5.74) is 1.73. The van der Waals surface area contributed by atoms with Crippen molar-refractivity contribution in [3.05, 3.63) is 47.2 Å². The Balaban J connectivity index is 2.31. The fraction of sp³-hybridized carbons (Fsp3) is 0.250. The van der Waals surface area contributed by atoms with Crippen molar-refractivity contribution in [1.29, 1.82) is 0 Å². The second-order valence-corrected chi connectivity index (χ2v) is 4.29. The summed E-state index contributed by atoms with van der Waals surface area (Å²) in [4.78, 5) is 12.7. The van der Waals surface area contributed by atoms with Crippen LogP contribution in [0, 0.1) is 11.8 Å². The highest BCUT2D eigenvalue weighted by Gasteiger charge is 2.16. The largest absolute Gasteiger partial charge is 0.472 e. The van der Waals surface area contributed by atoms with E-state index in [1.165, 1.54) is 12.3 Å². The lowest BCUT2D eigenvalue weighted by molar-refractivity contribution is 0.0523. The van der Waals surface area contributed by atoms with Crippen molar-refractivity contribution in [3.63, 3.8) is 0 Å². The number of benzene rings is 1. The first kappa shape index (κ1) is 15.4. The Kier molecular flexibility index (Phi) is 5.04. The number of carbonyl (C=O) groups is 1. The molecule has 0 spiro atoms. The molecule has 1 N–H and O–H groups in total. The molecule has 0 bridgehead atoms. The van der Waals surface area contributed by atoms with E-state index in [2.05, 4.69) is 16.9 Å². The molecular formula is C16H16N2O4. The van der Waals surface area contributed by atoms with Crippen LogP contribution in [0.2, 0.25) is 0 Å². The zero-order valence-electron chi connectivity index (χ0n) is 12.4. The van der Waals surface area contributed by atoms with Gasteiger partial charge in [-0.2, -0.15) is 0 Å². The Labute approximate surface area is 128 Å². The second kappa shape index (κ2) is 7.18. The summed E-state index contributed by atoms with van der Waals surface area (Å²) in [7, 11) is 0. The molecule has 1 aromatic heterocycles. The van der Waals surface area contributed by atoms with Crippen LogP contribution < -0.4 is 4.74 Å². The van der Waals surface area contributed by atoms with Gasteiger partial charge in [0.25, 0.3) is 0 Å². The predicted molar refractivity (Wildman–Crippen MR) is 78.7 cm³/mol. The highest BCUT2D eigenvalue weighted by atomic mass is 16.5. The van der Waals surface area contributed by atoms with Gasteiger partial charge >= 0.3 is 5.97 Å². The van der Waals surface area contributed by atoms with Gasteiger partial charge in [-0.25, -0.2) is 4.79 Å². The molecule has 114 valence electrons. The summed E-state index contributed by atoms with van der Waals surface area (Å²) in [5, 5.41) is 12.8. The maximum absolute atomic E-state index is 12.1. The molecule has 2 aromatic rings. The molecule has 6 nitrogen and oxygen atoms in total. The first-order valence-electron chi connectivity index (χ1n) is 6.75. The second-order valence-electron chi connectivity index (χ2n) is 4.29. The van der Waals surface area contributed by atoms with E-state index in [4.69, 9.17) is 14.7 Å². The lowest BCUT2D eigenvalue weighted by Gasteiger charge is -2.11. The van der Waals surface area contributed by atoms with E-state index in [9.17, 15) is 4.79 Å². The standard InChI is InChI=1S/C16H16N2O4/c1-3-6-12-7-5-8-13(16(19)21-4-2)14(12)11-22-15-9-10-18(20)17-15/h5,7-10,20H,4,11H2,1-2H3. The summed E-state index contributed by atoms with van der Waals surface area (Å²) in [6, 6.07) is 6.74. The molecule has 0 fully saturated rings. The molecule has 6 heteroatoms. The van der Waals surface area contributed by atoms with E-state index in [0.29, 0.717) is 21.5 Å². The molecule has 0 radical (unpaired) electrons. The molecule has 2 rings (SSSR count). The predicted octanol–water partition coefficient (Wildman–Crippen LogP) is 2.25. The van der Waals surface area contributed by atoms with Crippen LogP contribution >= 0.6 is 0 Å². The molecule has 0 aliphatic carbocycles. The lowest BCUT2D eigenvalue weighted by atomic mass is 10.0. The quantitative estimate of drug-likeness (QED) is 0.521. The summed E-state index contributed by atoms with van der Waals surface area (Å²) < 4.78 is 10.6. The zero-order valence-corrected chi connectivity index (χ0v) is 12.4. The van der Waals surface area contributed by atoms with Crippen molar-refractivity contribution in [2.24, 2.45) is 0 Å². The van der Waals surface area contributed by atoms with Crippen LogP contribution in [-0.2, 0) is 11.3 Å². The van der Waals surface area contributed by atoms with E-state index < -0.39 is 5.97 Å². The van der Waals surface area contributed by atoms with Gasteiger partial charge in [-0.3, -0.25) is 0 Å². The number of esters is 1. The number of hydrogen-bond acceptors (Lipinski definition) is 5. The van der Waals surface area contributed by atoms with E-state index in [-0.39, 0.29) is 19.1 Å². The van der Waals surface area contributed by atoms with Gasteiger partial charge in [-0.05, 0) is 26.0 Å². The average molecular weight is 300 g/mol. The van der Waals surface area contributed by atoms with Crippen molar-refractivity contribution < 1.29 is 19.5 Å². The Morgan fingerprint density at radius 3 is 2.86 bits per heavy atom. The van der Waals surface area contributed by atoms with Gasteiger partial charge in [0, 0.05) is 17.2 Å². The molecule has 0 atom stereocenters. The summed E-state index contributed by atoms with van der Waals surface area (Å²) in [6.45, 7) is 3.85. The van der Waals surface area contributed by atoms with E-state index in [1.807, 2.05) is 6.07 Å². The SMILES string of the molecule is CC#Cc1cccc(C(=O)OCC)c1COc1ccn(O)n1. The molecule has 0 saturated heterocycles. The molecule has 0 aliphatic heterocycles. The van der Waals surface area contributed by atoms with Crippen LogP contribution in [0.4, 0.5) is 0 Å². The first-order valence-corrected chi connectivity index (χ1v) is 6.75. The van der Waals surface area contributed by atoms with E-state index >= 15 is 0 Å². The fourth-order valence-electron chi connectivity index (χ4n) is 1.92. The minimum atomic E-state index is -0.423. The number of rotatable bonds is 5. The maximum Gasteiger partial charge on any atom is 0.338 e. The van der Waals surface area contributed by atoms with Crippen molar-refractivity contribution >= 4 is 5.97 Å². The Bertz CT molecular complexity index is 725. The minimum absolute atomic E-state index is 0.0933. The van der Waals surface area contributed by atoms with Crippen LogP contribution in [0.1, 0.15) is 35.3 Å². The molecule has 0 amide bonds. The van der Waals surface area contributed by atoms with Gasteiger partial charge in [-0.1, -0.05) is 17.1 Å². The summed E-state index contributed by atoms with van der Waals surface area (Å²) in [6.07, 6.45) is 1.35. The number of ether oxygens (including phenoxy) is 2. The molecule has 0 saturated carbocycles. The smallest absolute Gasteiger partial charge is 0.338 e. The molecule has 0 aliphatic rings. The van der Waals surface area contributed by atoms with E-state index in [0.717, 1.165) is 0 Å². The molecule has 1 heterocycles. The van der Waals surface area contributed by atoms with Crippen molar-refractivity contribution in [1.82, 2.24) is 9.94 Å². The van der Waals surface area contributed by atoms with Crippen LogP contribution in [-0.4, -0.2) is 27.7 Å². The molecular weight excluding hydrogens is 284 g/mol. The Morgan fingerprint density at radius 1 is 1.41 bits per heavy atom. The Hall–Kier alpha value is -2.94. The highest BCUT2D eigenvalue weighted by Crippen LogP contribution is 2.18. The average Bonchev–Trinajstić information content (AvgIpc) is 2.92. The van der Waals surface area contributed by atoms with Gasteiger partial charge in [-0.15, -0.1) is 10.8 Å². The van der Waals surface area contributed by atoms with Gasteiger partial charge < -0.3 is 14.7 Å². The van der Waals surface area contributed by atoms with Crippen molar-refractivity contribution in [2.75, 3.05) is 6.61 Å². The number of nitrogens with zero attached hydrogens (tertiary/aromatic N) is 2. The third-order valence-electron chi connectivity index (χ3n) is 2.85. The summed E-state index contributed by atoms with van der Waals surface area (Å²) in [5.74, 6) is 5.57. The van der Waals surface area contributed by atoms with E-state index in [1.54, 1.807) is 26.0 Å². The monoisotopic (exact) mass is 300 g/mol. The van der Waals surface area contributed by atoms with Crippen molar-refractivity contribution in [3.8, 4) is 17.7 Å². The topological polar surface area (TPSA) is 73.6 Å². The van der Waals surface area contributed by atoms with Crippen LogP contribution in [0.15, 0.2) is 30.5 Å². The molecule has 0 unspecified atom stereocenters. The van der Waals surface area contributed by atoms with Gasteiger partial charge in [0.05, 0.1) is 18.4 Å². The zero-order chi connectivity index (χ0) is 15.9. The van der Waals surface area contributed by atoms with Crippen LogP contribution in [0.5, 0.6) is 5.88 Å². The normalized spacial score (nSPS) is 9.73. The fourth-order valence-corrected chi connectivity index (χ4v) is 1.92. The molecule has 22 heavy (non-hydrogen) atoms. The van der Waals surface area contributed by atoms with Gasteiger partial charge in [0.1, 0.15) is 6.61 Å². The van der Waals surface area contributed by atoms with Crippen molar-refractivity contribution in [2.45, 2.75) is 20.5 Å².